The summed E-state index contributed by atoms with van der Waals surface area (Å²) >= 11 is 0. The lowest BCUT2D eigenvalue weighted by molar-refractivity contribution is -0.133. The predicted octanol–water partition coefficient (Wildman–Crippen LogP) is 2.70. The van der Waals surface area contributed by atoms with E-state index in [-0.39, 0.29) is 6.10 Å². The summed E-state index contributed by atoms with van der Waals surface area (Å²) in [5, 5.41) is 0. The minimum absolute atomic E-state index is 0.0121. The first-order chi connectivity index (χ1) is 9.43. The summed E-state index contributed by atoms with van der Waals surface area (Å²) in [6.07, 6.45) is 15.2. The van der Waals surface area contributed by atoms with Crippen LogP contribution in [0.5, 0.6) is 0 Å². The van der Waals surface area contributed by atoms with Crippen molar-refractivity contribution < 1.29 is 9.53 Å². The average molecular weight is 268 g/mol. The second-order valence-corrected chi connectivity index (χ2v) is 5.12. The average Bonchev–Trinajstić information content (AvgIpc) is 2.41. The van der Waals surface area contributed by atoms with Gasteiger partial charge >= 0.3 is 0 Å². The molecule has 1 heterocycles. The van der Waals surface area contributed by atoms with Crippen molar-refractivity contribution in [1.82, 2.24) is 10.9 Å². The van der Waals surface area contributed by atoms with E-state index in [1.807, 2.05) is 0 Å². The van der Waals surface area contributed by atoms with Crippen LogP contribution in [0.15, 0.2) is 12.2 Å². The van der Waals surface area contributed by atoms with Gasteiger partial charge < -0.3 is 4.74 Å². The fourth-order valence-corrected chi connectivity index (χ4v) is 2.27. The van der Waals surface area contributed by atoms with E-state index in [1.54, 1.807) is 0 Å². The highest BCUT2D eigenvalue weighted by atomic mass is 16.5. The number of rotatable bonds is 2. The molecule has 0 amide bonds. The van der Waals surface area contributed by atoms with Crippen LogP contribution in [-0.4, -0.2) is 25.7 Å². The Hall–Kier alpha value is -0.870. The van der Waals surface area contributed by atoms with Gasteiger partial charge in [-0.2, -0.15) is 0 Å². The summed E-state index contributed by atoms with van der Waals surface area (Å²) in [4.78, 5) is 10.5. The lowest BCUT2D eigenvalue weighted by Gasteiger charge is -2.16. The molecule has 0 bridgehead atoms. The highest BCUT2D eigenvalue weighted by Gasteiger charge is 2.08. The summed E-state index contributed by atoms with van der Waals surface area (Å²) in [6, 6.07) is 0. The van der Waals surface area contributed by atoms with Gasteiger partial charge in [0.2, 0.25) is 0 Å². The maximum atomic E-state index is 10.5. The number of hydrogen-bond acceptors (Lipinski definition) is 4. The van der Waals surface area contributed by atoms with Crippen molar-refractivity contribution in [3.05, 3.63) is 12.2 Å². The van der Waals surface area contributed by atoms with Crippen LogP contribution >= 0.6 is 0 Å². The van der Waals surface area contributed by atoms with Crippen molar-refractivity contribution in [2.45, 2.75) is 63.9 Å². The molecule has 0 aromatic carbocycles. The summed E-state index contributed by atoms with van der Waals surface area (Å²) in [5.41, 5.74) is 6.35. The highest BCUT2D eigenvalue weighted by molar-refractivity contribution is 5.37. The molecule has 4 nitrogen and oxygen atoms in total. The van der Waals surface area contributed by atoms with E-state index in [0.717, 1.165) is 25.8 Å². The van der Waals surface area contributed by atoms with E-state index in [4.69, 9.17) is 4.74 Å². The van der Waals surface area contributed by atoms with Crippen LogP contribution in [0.25, 0.3) is 0 Å². The SMILES string of the molecule is O=COC1CCCC/C=C/CCCCCCNNC1. The first-order valence-electron chi connectivity index (χ1n) is 7.63. The van der Waals surface area contributed by atoms with Crippen molar-refractivity contribution in [1.29, 1.82) is 0 Å². The molecule has 1 atom stereocenters. The Kier molecular flexibility index (Phi) is 10.4. The molecule has 0 radical (unpaired) electrons. The van der Waals surface area contributed by atoms with Gasteiger partial charge in [0.1, 0.15) is 6.10 Å². The standard InChI is InChI=1S/C15H28N2O2/c18-14-19-15-11-9-7-5-3-1-2-4-6-8-10-12-16-17-13-15/h1,3,14-17H,2,4-13H2/b3-1+. The number of hydrogen-bond donors (Lipinski definition) is 2. The normalized spacial score (nSPS) is 26.4. The smallest absolute Gasteiger partial charge is 0.293 e. The molecule has 19 heavy (non-hydrogen) atoms. The van der Waals surface area contributed by atoms with Gasteiger partial charge in [-0.15, -0.1) is 0 Å². The van der Waals surface area contributed by atoms with Crippen LogP contribution in [-0.2, 0) is 9.53 Å². The second-order valence-electron chi connectivity index (χ2n) is 5.12. The molecule has 1 unspecified atom stereocenters. The summed E-state index contributed by atoms with van der Waals surface area (Å²) < 4.78 is 5.09. The molecule has 0 aromatic rings. The molecule has 0 spiro atoms. The van der Waals surface area contributed by atoms with E-state index >= 15 is 0 Å². The zero-order valence-corrected chi connectivity index (χ0v) is 11.9. The second kappa shape index (κ2) is 12.2. The van der Waals surface area contributed by atoms with Crippen molar-refractivity contribution in [2.75, 3.05) is 13.1 Å². The number of ether oxygens (including phenoxy) is 1. The van der Waals surface area contributed by atoms with Crippen molar-refractivity contribution in [3.8, 4) is 0 Å². The molecule has 0 aliphatic carbocycles. The van der Waals surface area contributed by atoms with Gasteiger partial charge in [0, 0.05) is 13.1 Å². The largest absolute Gasteiger partial charge is 0.463 e. The van der Waals surface area contributed by atoms with Gasteiger partial charge in [-0.3, -0.25) is 15.6 Å². The monoisotopic (exact) mass is 268 g/mol. The van der Waals surface area contributed by atoms with E-state index in [9.17, 15) is 4.79 Å². The molecular weight excluding hydrogens is 240 g/mol. The molecule has 1 aliphatic heterocycles. The highest BCUT2D eigenvalue weighted by Crippen LogP contribution is 2.08. The Morgan fingerprint density at radius 3 is 2.47 bits per heavy atom. The molecular formula is C15H28N2O2. The van der Waals surface area contributed by atoms with Gasteiger partial charge in [-0.1, -0.05) is 25.0 Å². The first-order valence-corrected chi connectivity index (χ1v) is 7.63. The van der Waals surface area contributed by atoms with Crippen molar-refractivity contribution in [3.63, 3.8) is 0 Å². The van der Waals surface area contributed by atoms with Gasteiger partial charge in [-0.05, 0) is 44.9 Å². The fraction of sp³-hybridized carbons (Fsp3) is 0.800. The first kappa shape index (κ1) is 16.2. The fourth-order valence-electron chi connectivity index (χ4n) is 2.27. The number of carbonyl (C=O) groups excluding carboxylic acids is 1. The molecule has 1 aliphatic rings. The van der Waals surface area contributed by atoms with Crippen molar-refractivity contribution in [2.24, 2.45) is 0 Å². The maximum Gasteiger partial charge on any atom is 0.293 e. The zero-order chi connectivity index (χ0) is 13.6. The molecule has 4 heteroatoms. The summed E-state index contributed by atoms with van der Waals surface area (Å²) in [5.74, 6) is 0. The molecule has 110 valence electrons. The third kappa shape index (κ3) is 9.68. The van der Waals surface area contributed by atoms with Crippen LogP contribution in [0.1, 0.15) is 57.8 Å². The Morgan fingerprint density at radius 2 is 1.68 bits per heavy atom. The van der Waals surface area contributed by atoms with Gasteiger partial charge in [0.15, 0.2) is 0 Å². The number of carbonyl (C=O) groups is 1. The quantitative estimate of drug-likeness (QED) is 0.597. The summed E-state index contributed by atoms with van der Waals surface area (Å²) in [6.45, 7) is 2.23. The van der Waals surface area contributed by atoms with Gasteiger partial charge in [0.05, 0.1) is 0 Å². The molecule has 0 saturated heterocycles. The minimum Gasteiger partial charge on any atom is -0.463 e. The number of allylic oxidation sites excluding steroid dienone is 2. The van der Waals surface area contributed by atoms with Crippen LogP contribution < -0.4 is 10.9 Å². The third-order valence-corrected chi connectivity index (χ3v) is 3.44. The topological polar surface area (TPSA) is 50.4 Å². The minimum atomic E-state index is -0.0121. The maximum absolute atomic E-state index is 10.5. The lowest BCUT2D eigenvalue weighted by Crippen LogP contribution is -2.39. The van der Waals surface area contributed by atoms with E-state index in [0.29, 0.717) is 13.0 Å². The molecule has 2 N–H and O–H groups in total. The number of nitrogens with one attached hydrogen (secondary N) is 2. The van der Waals surface area contributed by atoms with Gasteiger partial charge in [0.25, 0.3) is 6.47 Å². The molecule has 0 aromatic heterocycles. The van der Waals surface area contributed by atoms with E-state index < -0.39 is 0 Å². The van der Waals surface area contributed by atoms with E-state index in [1.165, 1.54) is 38.5 Å². The summed E-state index contributed by atoms with van der Waals surface area (Å²) in [7, 11) is 0. The lowest BCUT2D eigenvalue weighted by atomic mass is 10.1. The van der Waals surface area contributed by atoms with Gasteiger partial charge in [-0.25, -0.2) is 0 Å². The Balaban J connectivity index is 2.27. The third-order valence-electron chi connectivity index (χ3n) is 3.44. The Morgan fingerprint density at radius 1 is 0.947 bits per heavy atom. The van der Waals surface area contributed by atoms with Crippen molar-refractivity contribution >= 4 is 6.47 Å². The van der Waals surface area contributed by atoms with Crippen LogP contribution in [0.3, 0.4) is 0 Å². The Labute approximate surface area is 116 Å². The predicted molar refractivity (Wildman–Crippen MR) is 77.6 cm³/mol. The van der Waals surface area contributed by atoms with Crippen LogP contribution in [0, 0.1) is 0 Å². The zero-order valence-electron chi connectivity index (χ0n) is 11.9. The molecule has 0 fully saturated rings. The molecule has 0 saturated carbocycles. The number of hydrazine groups is 1. The molecule has 1 rings (SSSR count). The van der Waals surface area contributed by atoms with E-state index in [2.05, 4.69) is 23.0 Å². The van der Waals surface area contributed by atoms with Crippen LogP contribution in [0.4, 0.5) is 0 Å². The van der Waals surface area contributed by atoms with Crippen LogP contribution in [0.2, 0.25) is 0 Å². The Bertz CT molecular complexity index is 244.